The molecule has 0 spiro atoms. The zero-order valence-corrected chi connectivity index (χ0v) is 17.3. The van der Waals surface area contributed by atoms with Gasteiger partial charge in [-0.05, 0) is 38.4 Å². The standard InChI is InChI=1S/C15H27Cl3O3Si/c1-6-20-14(19)12(5)10-11-13(15(16,17)18)21-22(7-2,8-3)9-4/h10,13H,6-9,11H2,1-5H3/b12-10+/t13-/m1/s1. The molecule has 0 aliphatic rings. The van der Waals surface area contributed by atoms with E-state index in [-0.39, 0.29) is 5.97 Å². The Hall–Kier alpha value is 0.257. The van der Waals surface area contributed by atoms with Gasteiger partial charge in [0, 0.05) is 5.57 Å². The van der Waals surface area contributed by atoms with Gasteiger partial charge in [0.05, 0.1) is 12.7 Å². The number of hydrogen-bond donors (Lipinski definition) is 0. The smallest absolute Gasteiger partial charge is 0.333 e. The molecule has 0 aromatic heterocycles. The fraction of sp³-hybridized carbons (Fsp3) is 0.800. The fourth-order valence-corrected chi connectivity index (χ4v) is 5.66. The molecule has 3 nitrogen and oxygen atoms in total. The Morgan fingerprint density at radius 2 is 1.64 bits per heavy atom. The number of esters is 1. The molecule has 0 aliphatic carbocycles. The van der Waals surface area contributed by atoms with Crippen molar-refractivity contribution >= 4 is 49.1 Å². The third-order valence-corrected chi connectivity index (χ3v) is 9.31. The summed E-state index contributed by atoms with van der Waals surface area (Å²) in [5.41, 5.74) is 0.501. The molecular formula is C15H27Cl3O3Si. The van der Waals surface area contributed by atoms with Crippen molar-refractivity contribution < 1.29 is 14.0 Å². The summed E-state index contributed by atoms with van der Waals surface area (Å²) in [5, 5.41) is 0. The molecule has 0 saturated carbocycles. The lowest BCUT2D eigenvalue weighted by Gasteiger charge is -2.36. The fourth-order valence-electron chi connectivity index (χ4n) is 2.16. The maximum atomic E-state index is 11.6. The van der Waals surface area contributed by atoms with Gasteiger partial charge in [-0.25, -0.2) is 4.79 Å². The number of carbonyl (C=O) groups excluding carboxylic acids is 1. The quantitative estimate of drug-likeness (QED) is 0.221. The van der Waals surface area contributed by atoms with Gasteiger partial charge in [0.15, 0.2) is 8.32 Å². The van der Waals surface area contributed by atoms with Crippen LogP contribution in [0, 0.1) is 0 Å². The molecule has 0 saturated heterocycles. The van der Waals surface area contributed by atoms with Crippen molar-refractivity contribution in [3.05, 3.63) is 11.6 Å². The lowest BCUT2D eigenvalue weighted by atomic mass is 10.2. The second kappa shape index (κ2) is 10.2. The Labute approximate surface area is 150 Å². The van der Waals surface area contributed by atoms with Crippen molar-refractivity contribution in [1.29, 1.82) is 0 Å². The van der Waals surface area contributed by atoms with E-state index in [1.807, 2.05) is 0 Å². The Morgan fingerprint density at radius 1 is 1.14 bits per heavy atom. The molecule has 0 bridgehead atoms. The Bertz CT molecular complexity index is 368. The first-order valence-corrected chi connectivity index (χ1v) is 11.4. The number of ether oxygens (including phenoxy) is 1. The number of hydrogen-bond acceptors (Lipinski definition) is 3. The molecule has 0 aliphatic heterocycles. The zero-order chi connectivity index (χ0) is 17.4. The van der Waals surface area contributed by atoms with E-state index < -0.39 is 18.2 Å². The van der Waals surface area contributed by atoms with Crippen LogP contribution in [0.15, 0.2) is 11.6 Å². The molecule has 0 amide bonds. The summed E-state index contributed by atoms with van der Waals surface area (Å²) in [7, 11) is -1.90. The molecule has 0 N–H and O–H groups in total. The first-order chi connectivity index (χ1) is 10.2. The summed E-state index contributed by atoms with van der Waals surface area (Å²) >= 11 is 18.2. The van der Waals surface area contributed by atoms with Crippen LogP contribution in [0.3, 0.4) is 0 Å². The Kier molecular flexibility index (Phi) is 10.3. The molecule has 1 atom stereocenters. The number of alkyl halides is 3. The lowest BCUT2D eigenvalue weighted by molar-refractivity contribution is -0.138. The van der Waals surface area contributed by atoms with E-state index in [1.54, 1.807) is 19.9 Å². The minimum atomic E-state index is -1.90. The maximum Gasteiger partial charge on any atom is 0.333 e. The van der Waals surface area contributed by atoms with Gasteiger partial charge in [-0.15, -0.1) is 0 Å². The highest BCUT2D eigenvalue weighted by Gasteiger charge is 2.40. The van der Waals surface area contributed by atoms with E-state index in [1.165, 1.54) is 0 Å². The second-order valence-electron chi connectivity index (χ2n) is 5.24. The molecule has 7 heteroatoms. The number of halogens is 3. The van der Waals surface area contributed by atoms with Crippen LogP contribution in [-0.4, -0.2) is 30.8 Å². The van der Waals surface area contributed by atoms with Crippen LogP contribution in [0.5, 0.6) is 0 Å². The highest BCUT2D eigenvalue weighted by atomic mass is 35.6. The van der Waals surface area contributed by atoms with E-state index in [4.69, 9.17) is 44.0 Å². The molecule has 0 radical (unpaired) electrons. The molecule has 0 unspecified atom stereocenters. The minimum Gasteiger partial charge on any atom is -0.463 e. The first-order valence-electron chi connectivity index (χ1n) is 7.74. The average molecular weight is 390 g/mol. The minimum absolute atomic E-state index is 0.339. The predicted octanol–water partition coefficient (Wildman–Crippen LogP) is 5.65. The van der Waals surface area contributed by atoms with Gasteiger partial charge < -0.3 is 9.16 Å². The maximum absolute atomic E-state index is 11.6. The van der Waals surface area contributed by atoms with Gasteiger partial charge in [-0.3, -0.25) is 0 Å². The first kappa shape index (κ1) is 22.3. The predicted molar refractivity (Wildman–Crippen MR) is 97.4 cm³/mol. The molecule has 0 heterocycles. The summed E-state index contributed by atoms with van der Waals surface area (Å²) < 4.78 is 9.71. The average Bonchev–Trinajstić information content (AvgIpc) is 2.47. The number of rotatable bonds is 9. The summed E-state index contributed by atoms with van der Waals surface area (Å²) in [6.45, 7) is 10.2. The van der Waals surface area contributed by atoms with E-state index in [9.17, 15) is 4.79 Å². The van der Waals surface area contributed by atoms with Crippen molar-refractivity contribution in [3.63, 3.8) is 0 Å². The van der Waals surface area contributed by atoms with Crippen LogP contribution in [0.25, 0.3) is 0 Å². The van der Waals surface area contributed by atoms with Crippen molar-refractivity contribution in [1.82, 2.24) is 0 Å². The van der Waals surface area contributed by atoms with Crippen LogP contribution >= 0.6 is 34.8 Å². The molecular weight excluding hydrogens is 363 g/mol. The second-order valence-corrected chi connectivity index (χ2v) is 12.3. The summed E-state index contributed by atoms with van der Waals surface area (Å²) in [6.07, 6.45) is 1.54. The van der Waals surface area contributed by atoms with Gasteiger partial charge >= 0.3 is 5.97 Å². The van der Waals surface area contributed by atoms with Crippen LogP contribution in [-0.2, 0) is 14.0 Å². The Balaban J connectivity index is 5.10. The van der Waals surface area contributed by atoms with Crippen LogP contribution in [0.2, 0.25) is 18.1 Å². The molecule has 0 fully saturated rings. The molecule has 22 heavy (non-hydrogen) atoms. The lowest BCUT2D eigenvalue weighted by Crippen LogP contribution is -2.44. The molecule has 0 aromatic rings. The van der Waals surface area contributed by atoms with Gasteiger partial charge in [-0.1, -0.05) is 61.7 Å². The normalized spacial score (nSPS) is 14.8. The third-order valence-electron chi connectivity index (χ3n) is 3.93. The van der Waals surface area contributed by atoms with E-state index in [2.05, 4.69) is 20.8 Å². The summed E-state index contributed by atoms with van der Waals surface area (Å²) in [4.78, 5) is 11.6. The molecule has 0 aromatic carbocycles. The third kappa shape index (κ3) is 7.22. The topological polar surface area (TPSA) is 35.5 Å². The molecule has 0 rings (SSSR count). The van der Waals surface area contributed by atoms with Crippen molar-refractivity contribution in [3.8, 4) is 0 Å². The number of carbonyl (C=O) groups is 1. The zero-order valence-electron chi connectivity index (χ0n) is 14.0. The van der Waals surface area contributed by atoms with Crippen LogP contribution < -0.4 is 0 Å². The summed E-state index contributed by atoms with van der Waals surface area (Å²) in [6, 6.07) is 2.91. The monoisotopic (exact) mass is 388 g/mol. The van der Waals surface area contributed by atoms with Gasteiger partial charge in [-0.2, -0.15) is 0 Å². The Morgan fingerprint density at radius 3 is 2.00 bits per heavy atom. The van der Waals surface area contributed by atoms with Crippen molar-refractivity contribution in [2.24, 2.45) is 0 Å². The largest absolute Gasteiger partial charge is 0.463 e. The summed E-state index contributed by atoms with van der Waals surface area (Å²) in [5.74, 6) is -0.351. The highest BCUT2D eigenvalue weighted by Crippen LogP contribution is 2.38. The SMILES string of the molecule is CCOC(=O)/C(C)=C/C[C@@H](O[Si](CC)(CC)CC)C(Cl)(Cl)Cl. The highest BCUT2D eigenvalue weighted by molar-refractivity contribution is 6.74. The molecule has 130 valence electrons. The van der Waals surface area contributed by atoms with E-state index in [0.29, 0.717) is 18.6 Å². The van der Waals surface area contributed by atoms with E-state index >= 15 is 0 Å². The van der Waals surface area contributed by atoms with Gasteiger partial charge in [0.1, 0.15) is 0 Å². The van der Waals surface area contributed by atoms with Crippen LogP contribution in [0.4, 0.5) is 0 Å². The van der Waals surface area contributed by atoms with Crippen molar-refractivity contribution in [2.75, 3.05) is 6.61 Å². The van der Waals surface area contributed by atoms with Crippen molar-refractivity contribution in [2.45, 2.75) is 69.1 Å². The van der Waals surface area contributed by atoms with Crippen LogP contribution in [0.1, 0.15) is 41.0 Å². The van der Waals surface area contributed by atoms with Gasteiger partial charge in [0.25, 0.3) is 0 Å². The van der Waals surface area contributed by atoms with E-state index in [0.717, 1.165) is 18.1 Å². The van der Waals surface area contributed by atoms with Gasteiger partial charge in [0.2, 0.25) is 3.79 Å².